The Morgan fingerprint density at radius 3 is 2.86 bits per heavy atom. The molecule has 0 amide bonds. The molecule has 0 spiro atoms. The fraction of sp³-hybridized carbons (Fsp3) is 0.727. The van der Waals surface area contributed by atoms with E-state index in [4.69, 9.17) is 4.74 Å². The Hall–Kier alpha value is -1.66. The van der Waals surface area contributed by atoms with Crippen molar-refractivity contribution in [3.8, 4) is 0 Å². The molecule has 0 aliphatic carbocycles. The van der Waals surface area contributed by atoms with Gasteiger partial charge in [-0.05, 0) is 56.2 Å². The first-order valence-electron chi connectivity index (χ1n) is 10.9. The number of rotatable bonds is 14. The third-order valence-electron chi connectivity index (χ3n) is 5.59. The Balaban J connectivity index is 1.57. The van der Waals surface area contributed by atoms with Gasteiger partial charge < -0.3 is 20.5 Å². The second-order valence-electron chi connectivity index (χ2n) is 7.68. The second kappa shape index (κ2) is 12.7. The number of aliphatic carboxylic acids is 1. The highest BCUT2D eigenvalue weighted by Crippen LogP contribution is 2.19. The molecule has 6 heteroatoms. The van der Waals surface area contributed by atoms with Gasteiger partial charge in [-0.25, -0.2) is 4.98 Å². The van der Waals surface area contributed by atoms with Crippen molar-refractivity contribution in [3.63, 3.8) is 0 Å². The molecule has 0 aromatic carbocycles. The third kappa shape index (κ3) is 7.76. The summed E-state index contributed by atoms with van der Waals surface area (Å²) in [5.74, 6) is 0.834. The van der Waals surface area contributed by atoms with Gasteiger partial charge in [0.05, 0.1) is 6.61 Å². The Kier molecular flexibility index (Phi) is 10.3. The van der Waals surface area contributed by atoms with Crippen LogP contribution in [0, 0.1) is 5.92 Å². The summed E-state index contributed by atoms with van der Waals surface area (Å²) in [4.78, 5) is 16.1. The van der Waals surface area contributed by atoms with E-state index in [-0.39, 0.29) is 0 Å². The van der Waals surface area contributed by atoms with Crippen LogP contribution in [0.2, 0.25) is 0 Å². The van der Waals surface area contributed by atoms with Crippen LogP contribution in [0.5, 0.6) is 0 Å². The van der Waals surface area contributed by atoms with E-state index in [0.717, 1.165) is 63.1 Å². The van der Waals surface area contributed by atoms with E-state index in [1.54, 1.807) is 0 Å². The molecule has 0 saturated carbocycles. The van der Waals surface area contributed by atoms with Crippen molar-refractivity contribution in [1.29, 1.82) is 0 Å². The molecule has 0 saturated heterocycles. The predicted octanol–water partition coefficient (Wildman–Crippen LogP) is 3.65. The van der Waals surface area contributed by atoms with Gasteiger partial charge in [0, 0.05) is 25.3 Å². The molecule has 1 aliphatic rings. The lowest BCUT2D eigenvalue weighted by Crippen LogP contribution is -2.39. The number of carbonyl (C=O) groups is 1. The van der Waals surface area contributed by atoms with Crippen molar-refractivity contribution >= 4 is 11.8 Å². The summed E-state index contributed by atoms with van der Waals surface area (Å²) in [5, 5.41) is 16.0. The number of ether oxygens (including phenoxy) is 1. The number of nitrogens with one attached hydrogen (secondary N) is 2. The van der Waals surface area contributed by atoms with E-state index in [0.29, 0.717) is 25.6 Å². The number of hydrogen-bond acceptors (Lipinski definition) is 5. The quantitative estimate of drug-likeness (QED) is 0.420. The highest BCUT2D eigenvalue weighted by atomic mass is 16.5. The molecule has 0 bridgehead atoms. The van der Waals surface area contributed by atoms with Crippen LogP contribution in [0.3, 0.4) is 0 Å². The minimum Gasteiger partial charge on any atom is -0.480 e. The van der Waals surface area contributed by atoms with E-state index in [2.05, 4.69) is 41.6 Å². The average molecular weight is 392 g/mol. The lowest BCUT2D eigenvalue weighted by molar-refractivity contribution is -0.139. The fourth-order valence-electron chi connectivity index (χ4n) is 3.54. The monoisotopic (exact) mass is 391 g/mol. The van der Waals surface area contributed by atoms with Crippen LogP contribution in [-0.2, 0) is 22.4 Å². The maximum atomic E-state index is 11.4. The summed E-state index contributed by atoms with van der Waals surface area (Å²) in [6.45, 7) is 7.41. The highest BCUT2D eigenvalue weighted by Gasteiger charge is 2.17. The second-order valence-corrected chi connectivity index (χ2v) is 7.68. The third-order valence-corrected chi connectivity index (χ3v) is 5.59. The van der Waals surface area contributed by atoms with Crippen molar-refractivity contribution in [1.82, 2.24) is 10.3 Å². The Morgan fingerprint density at radius 1 is 1.29 bits per heavy atom. The molecular weight excluding hydrogens is 354 g/mol. The zero-order valence-electron chi connectivity index (χ0n) is 17.5. The molecule has 6 nitrogen and oxygen atoms in total. The number of pyridine rings is 1. The van der Waals surface area contributed by atoms with E-state index < -0.39 is 12.0 Å². The van der Waals surface area contributed by atoms with Crippen LogP contribution in [-0.4, -0.2) is 48.4 Å². The summed E-state index contributed by atoms with van der Waals surface area (Å²) >= 11 is 0. The van der Waals surface area contributed by atoms with E-state index in [9.17, 15) is 9.90 Å². The molecule has 0 radical (unpaired) electrons. The van der Waals surface area contributed by atoms with E-state index in [1.165, 1.54) is 12.0 Å². The van der Waals surface area contributed by atoms with Gasteiger partial charge in [0.25, 0.3) is 0 Å². The standard InChI is InChI=1S/C22H37N3O3/c1-3-17(4-2)16-24-20(22(26)27)9-5-6-14-28-15-12-19-11-10-18-8-7-13-23-21(18)25-19/h10-11,17,20,24H,3-9,12-16H2,1-2H3,(H,23,25)(H,26,27). The number of hydrogen-bond donors (Lipinski definition) is 3. The van der Waals surface area contributed by atoms with Gasteiger partial charge in [0.2, 0.25) is 0 Å². The summed E-state index contributed by atoms with van der Waals surface area (Å²) in [7, 11) is 0. The maximum Gasteiger partial charge on any atom is 0.320 e. The van der Waals surface area contributed by atoms with Crippen LogP contribution >= 0.6 is 0 Å². The molecule has 0 fully saturated rings. The summed E-state index contributed by atoms with van der Waals surface area (Å²) < 4.78 is 5.73. The largest absolute Gasteiger partial charge is 0.480 e. The molecule has 28 heavy (non-hydrogen) atoms. The summed E-state index contributed by atoms with van der Waals surface area (Å²) in [5.41, 5.74) is 2.37. The van der Waals surface area contributed by atoms with Gasteiger partial charge >= 0.3 is 5.97 Å². The smallest absolute Gasteiger partial charge is 0.320 e. The van der Waals surface area contributed by atoms with Gasteiger partial charge in [0.1, 0.15) is 11.9 Å². The Morgan fingerprint density at radius 2 is 2.11 bits per heavy atom. The SMILES string of the molecule is CCC(CC)CNC(CCCCOCCc1ccc2c(n1)NCCC2)C(=O)O. The van der Waals surface area contributed by atoms with Crippen molar-refractivity contribution in [2.24, 2.45) is 5.92 Å². The number of nitrogens with zero attached hydrogens (tertiary/aromatic N) is 1. The first-order valence-corrected chi connectivity index (χ1v) is 10.9. The number of aryl methyl sites for hydroxylation is 1. The minimum absolute atomic E-state index is 0.451. The van der Waals surface area contributed by atoms with Crippen LogP contribution in [0.15, 0.2) is 12.1 Å². The number of fused-ring (bicyclic) bond motifs is 1. The lowest BCUT2D eigenvalue weighted by Gasteiger charge is -2.18. The number of aromatic nitrogens is 1. The average Bonchev–Trinajstić information content (AvgIpc) is 2.71. The number of carboxylic acid groups (broad SMARTS) is 1. The lowest BCUT2D eigenvalue weighted by atomic mass is 10.0. The van der Waals surface area contributed by atoms with Gasteiger partial charge in [-0.1, -0.05) is 32.8 Å². The molecule has 1 aromatic heterocycles. The van der Waals surface area contributed by atoms with Crippen LogP contribution in [0.1, 0.15) is 63.6 Å². The van der Waals surface area contributed by atoms with Gasteiger partial charge in [0.15, 0.2) is 0 Å². The van der Waals surface area contributed by atoms with Crippen molar-refractivity contribution < 1.29 is 14.6 Å². The molecule has 1 unspecified atom stereocenters. The summed E-state index contributed by atoms with van der Waals surface area (Å²) in [6, 6.07) is 3.82. The maximum absolute atomic E-state index is 11.4. The molecule has 2 heterocycles. The van der Waals surface area contributed by atoms with Gasteiger partial charge in [-0.15, -0.1) is 0 Å². The normalized spacial score (nSPS) is 14.5. The molecular formula is C22H37N3O3. The predicted molar refractivity (Wildman–Crippen MR) is 113 cm³/mol. The molecule has 158 valence electrons. The van der Waals surface area contributed by atoms with Gasteiger partial charge in [-0.2, -0.15) is 0 Å². The van der Waals surface area contributed by atoms with Crippen LogP contribution in [0.25, 0.3) is 0 Å². The molecule has 2 rings (SSSR count). The number of anilines is 1. The molecule has 1 aromatic rings. The first-order chi connectivity index (χ1) is 13.6. The zero-order valence-corrected chi connectivity index (χ0v) is 17.5. The van der Waals surface area contributed by atoms with E-state index in [1.807, 2.05) is 0 Å². The van der Waals surface area contributed by atoms with Crippen molar-refractivity contribution in [2.75, 3.05) is 31.6 Å². The fourth-order valence-corrected chi connectivity index (χ4v) is 3.54. The first kappa shape index (κ1) is 22.6. The molecule has 3 N–H and O–H groups in total. The number of carboxylic acids is 1. The van der Waals surface area contributed by atoms with Crippen molar-refractivity contribution in [3.05, 3.63) is 23.4 Å². The Labute approximate surface area is 169 Å². The molecule has 1 aliphatic heterocycles. The topological polar surface area (TPSA) is 83.5 Å². The number of unbranched alkanes of at least 4 members (excludes halogenated alkanes) is 1. The van der Waals surface area contributed by atoms with Crippen molar-refractivity contribution in [2.45, 2.75) is 71.3 Å². The van der Waals surface area contributed by atoms with Crippen LogP contribution < -0.4 is 10.6 Å². The highest BCUT2D eigenvalue weighted by molar-refractivity contribution is 5.73. The summed E-state index contributed by atoms with van der Waals surface area (Å²) in [6.07, 6.45) is 7.64. The Bertz CT molecular complexity index is 590. The van der Waals surface area contributed by atoms with Crippen LogP contribution in [0.4, 0.5) is 5.82 Å². The molecule has 1 atom stereocenters. The minimum atomic E-state index is -0.751. The van der Waals surface area contributed by atoms with E-state index >= 15 is 0 Å². The van der Waals surface area contributed by atoms with Gasteiger partial charge in [-0.3, -0.25) is 4.79 Å². The zero-order chi connectivity index (χ0) is 20.2.